The van der Waals surface area contributed by atoms with Gasteiger partial charge in [0.2, 0.25) is 5.95 Å². The summed E-state index contributed by atoms with van der Waals surface area (Å²) in [5, 5.41) is 12.6. The van der Waals surface area contributed by atoms with E-state index in [2.05, 4.69) is 25.6 Å². The minimum atomic E-state index is -5.08. The molecule has 0 amide bonds. The van der Waals surface area contributed by atoms with Crippen LogP contribution in [0.2, 0.25) is 0 Å². The van der Waals surface area contributed by atoms with E-state index in [1.54, 1.807) is 6.07 Å². The van der Waals surface area contributed by atoms with E-state index in [9.17, 15) is 35.2 Å². The van der Waals surface area contributed by atoms with Gasteiger partial charge in [-0.05, 0) is 36.4 Å². The number of hydrogen-bond acceptors (Lipinski definition) is 9. The summed E-state index contributed by atoms with van der Waals surface area (Å²) < 4.78 is 87.9. The highest BCUT2D eigenvalue weighted by Crippen LogP contribution is 2.24. The van der Waals surface area contributed by atoms with Crippen LogP contribution in [-0.2, 0) is 14.6 Å². The number of carboxylic acids is 1. The van der Waals surface area contributed by atoms with E-state index < -0.39 is 44.3 Å². The molecule has 0 bridgehead atoms. The molecule has 0 aliphatic carbocycles. The van der Waals surface area contributed by atoms with Crippen molar-refractivity contribution >= 4 is 50.0 Å². The van der Waals surface area contributed by atoms with Gasteiger partial charge in [0, 0.05) is 17.6 Å². The van der Waals surface area contributed by atoms with Crippen LogP contribution in [0.4, 0.5) is 45.1 Å². The minimum absolute atomic E-state index is 0.0530. The van der Waals surface area contributed by atoms with E-state index in [1.807, 2.05) is 0 Å². The molecule has 2 aromatic carbocycles. The molecule has 4 N–H and O–H groups in total. The summed E-state index contributed by atoms with van der Waals surface area (Å²) in [6.45, 7) is 0. The zero-order valence-corrected chi connectivity index (χ0v) is 19.0. The quantitative estimate of drug-likeness (QED) is 0.270. The Morgan fingerprint density at radius 3 is 2.30 bits per heavy atom. The van der Waals surface area contributed by atoms with Crippen molar-refractivity contribution in [2.45, 2.75) is 11.1 Å². The van der Waals surface area contributed by atoms with Gasteiger partial charge in [-0.3, -0.25) is 4.98 Å². The fourth-order valence-electron chi connectivity index (χ4n) is 2.68. The van der Waals surface area contributed by atoms with Crippen molar-refractivity contribution in [3.63, 3.8) is 0 Å². The molecule has 0 spiro atoms. The molecule has 11 nitrogen and oxygen atoms in total. The number of carboxylic acid groups (broad SMARTS) is 1. The fourth-order valence-corrected chi connectivity index (χ4v) is 3.44. The molecule has 2 heterocycles. The maximum absolute atomic E-state index is 14.2. The Balaban J connectivity index is 0.000000479. The van der Waals surface area contributed by atoms with Crippen molar-refractivity contribution in [2.75, 3.05) is 16.9 Å². The van der Waals surface area contributed by atoms with Gasteiger partial charge in [0.05, 0.1) is 11.7 Å². The number of aliphatic carboxylic acids is 1. The zero-order chi connectivity index (χ0) is 27.5. The first-order valence-corrected chi connectivity index (χ1v) is 11.5. The van der Waals surface area contributed by atoms with Gasteiger partial charge in [-0.15, -0.1) is 0 Å². The molecule has 196 valence electrons. The molecule has 4 rings (SSSR count). The van der Waals surface area contributed by atoms with Crippen molar-refractivity contribution in [3.8, 4) is 0 Å². The fraction of sp³-hybridized carbons (Fsp3) is 0.100. The number of alkyl halides is 3. The van der Waals surface area contributed by atoms with Crippen LogP contribution in [-0.4, -0.2) is 46.9 Å². The molecule has 0 unspecified atom stereocenters. The molecule has 2 aromatic heterocycles. The third kappa shape index (κ3) is 7.00. The molecular weight excluding hydrogens is 533 g/mol. The zero-order valence-electron chi connectivity index (χ0n) is 18.2. The van der Waals surface area contributed by atoms with Gasteiger partial charge in [0.25, 0.3) is 0 Å². The van der Waals surface area contributed by atoms with Crippen LogP contribution in [0.15, 0.2) is 56.7 Å². The number of fused-ring (bicyclic) bond motifs is 1. The molecule has 0 aliphatic rings. The van der Waals surface area contributed by atoms with Crippen LogP contribution in [0.1, 0.15) is 0 Å². The highest BCUT2D eigenvalue weighted by molar-refractivity contribution is 7.90. The van der Waals surface area contributed by atoms with Gasteiger partial charge in [0.1, 0.15) is 10.7 Å². The van der Waals surface area contributed by atoms with E-state index in [0.29, 0.717) is 16.8 Å². The number of rotatable bonds is 5. The first-order valence-electron chi connectivity index (χ1n) is 9.62. The summed E-state index contributed by atoms with van der Waals surface area (Å²) in [7, 11) is -3.78. The smallest absolute Gasteiger partial charge is 0.475 e. The summed E-state index contributed by atoms with van der Waals surface area (Å²) in [6.07, 6.45) is -3.29. The number of sulfone groups is 1. The van der Waals surface area contributed by atoms with Crippen LogP contribution in [0, 0.1) is 11.6 Å². The molecule has 0 fully saturated rings. The topological polar surface area (TPSA) is 167 Å². The molecule has 37 heavy (non-hydrogen) atoms. The molecule has 0 aliphatic heterocycles. The van der Waals surface area contributed by atoms with Crippen LogP contribution >= 0.6 is 0 Å². The average Bonchev–Trinajstić information content (AvgIpc) is 3.15. The number of H-pyrrole nitrogens is 1. The van der Waals surface area contributed by atoms with Crippen LogP contribution < -0.4 is 16.4 Å². The molecular formula is C20H14F5N5O6S. The van der Waals surface area contributed by atoms with Crippen LogP contribution in [0.25, 0.3) is 11.1 Å². The van der Waals surface area contributed by atoms with Crippen molar-refractivity contribution in [1.29, 1.82) is 0 Å². The number of nitrogens with one attached hydrogen (secondary N) is 3. The lowest BCUT2D eigenvalue weighted by atomic mass is 10.3. The van der Waals surface area contributed by atoms with Crippen LogP contribution in [0.5, 0.6) is 0 Å². The summed E-state index contributed by atoms with van der Waals surface area (Å²) >= 11 is 0. The molecule has 17 heteroatoms. The number of hydrogen-bond donors (Lipinski definition) is 4. The number of oxazole rings is 1. The number of carbonyl (C=O) groups is 1. The van der Waals surface area contributed by atoms with Crippen molar-refractivity contribution in [2.24, 2.45) is 0 Å². The lowest BCUT2D eigenvalue weighted by Crippen LogP contribution is -2.21. The number of benzene rings is 2. The number of anilines is 4. The number of aromatic nitrogens is 3. The molecule has 0 atom stereocenters. The summed E-state index contributed by atoms with van der Waals surface area (Å²) in [5.74, 6) is -5.25. The van der Waals surface area contributed by atoms with Gasteiger partial charge < -0.3 is 20.2 Å². The lowest BCUT2D eigenvalue weighted by molar-refractivity contribution is -0.192. The molecule has 4 aromatic rings. The molecule has 0 saturated carbocycles. The van der Waals surface area contributed by atoms with Gasteiger partial charge in [0.15, 0.2) is 27.1 Å². The monoisotopic (exact) mass is 547 g/mol. The Morgan fingerprint density at radius 1 is 1.05 bits per heavy atom. The normalized spacial score (nSPS) is 11.5. The third-order valence-electron chi connectivity index (χ3n) is 4.26. The highest BCUT2D eigenvalue weighted by atomic mass is 32.2. The van der Waals surface area contributed by atoms with Crippen LogP contribution in [0.3, 0.4) is 0 Å². The maximum Gasteiger partial charge on any atom is 0.490 e. The number of halogens is 5. The van der Waals surface area contributed by atoms with Gasteiger partial charge in [-0.2, -0.15) is 18.2 Å². The summed E-state index contributed by atoms with van der Waals surface area (Å²) in [5.41, 5.74) is 1.38. The lowest BCUT2D eigenvalue weighted by Gasteiger charge is -2.10. The Morgan fingerprint density at radius 2 is 1.68 bits per heavy atom. The second-order valence-electron chi connectivity index (χ2n) is 7.09. The third-order valence-corrected chi connectivity index (χ3v) is 5.37. The average molecular weight is 547 g/mol. The standard InChI is InChI=1S/C18H13F2N5O4S.C2HF3O2/c1-30(27,28)15-7-10(2-4-11(15)19)23-17-21-8-12(20)16(25-17)22-9-3-5-14-13(6-9)24-18(26)29-14;3-2(4,5)1(6)7/h2-8H,1H3,(H,24,26)(H2,21,22,23,25);(H,6,7). The van der Waals surface area contributed by atoms with Crippen molar-refractivity contribution < 1.29 is 44.7 Å². The predicted octanol–water partition coefficient (Wildman–Crippen LogP) is 3.71. The Bertz CT molecular complexity index is 1630. The van der Waals surface area contributed by atoms with E-state index in [4.69, 9.17) is 14.3 Å². The predicted molar refractivity (Wildman–Crippen MR) is 119 cm³/mol. The Hall–Kier alpha value is -4.54. The SMILES string of the molecule is CS(=O)(=O)c1cc(Nc2ncc(F)c(Nc3ccc4oc(=O)[nH]c4c3)n2)ccc1F.O=C(O)C(F)(F)F. The second kappa shape index (κ2) is 10.2. The highest BCUT2D eigenvalue weighted by Gasteiger charge is 2.38. The summed E-state index contributed by atoms with van der Waals surface area (Å²) in [6, 6.07) is 8.00. The maximum atomic E-state index is 14.2. The van der Waals surface area contributed by atoms with Gasteiger partial charge in [-0.1, -0.05) is 0 Å². The summed E-state index contributed by atoms with van der Waals surface area (Å²) in [4.78, 5) is 30.0. The largest absolute Gasteiger partial charge is 0.490 e. The first kappa shape index (κ1) is 27.1. The van der Waals surface area contributed by atoms with E-state index >= 15 is 0 Å². The van der Waals surface area contributed by atoms with Crippen molar-refractivity contribution in [1.82, 2.24) is 15.0 Å². The number of nitrogens with zero attached hydrogens (tertiary/aromatic N) is 2. The van der Waals surface area contributed by atoms with Crippen molar-refractivity contribution in [3.05, 3.63) is 64.8 Å². The molecule has 0 saturated heterocycles. The Labute approximate surface area is 202 Å². The first-order chi connectivity index (χ1) is 17.1. The van der Waals surface area contributed by atoms with E-state index in [-0.39, 0.29) is 17.5 Å². The number of aromatic amines is 1. The molecule has 0 radical (unpaired) electrons. The van der Waals surface area contributed by atoms with Gasteiger partial charge >= 0.3 is 17.9 Å². The second-order valence-corrected chi connectivity index (χ2v) is 9.07. The minimum Gasteiger partial charge on any atom is -0.475 e. The van der Waals surface area contributed by atoms with E-state index in [0.717, 1.165) is 24.6 Å². The Kier molecular flexibility index (Phi) is 7.47. The van der Waals surface area contributed by atoms with E-state index in [1.165, 1.54) is 18.2 Å². The van der Waals surface area contributed by atoms with Gasteiger partial charge in [-0.25, -0.2) is 31.8 Å².